The highest BCUT2D eigenvalue weighted by Gasteiger charge is 1.87. The van der Waals surface area contributed by atoms with Crippen molar-refractivity contribution in [3.63, 3.8) is 0 Å². The van der Waals surface area contributed by atoms with Crippen LogP contribution in [0.1, 0.15) is 32.4 Å². The van der Waals surface area contributed by atoms with Gasteiger partial charge in [-0.15, -0.1) is 6.58 Å². The largest absolute Gasteiger partial charge is 0.446 e. The van der Waals surface area contributed by atoms with Crippen LogP contribution >= 0.6 is 0 Å². The highest BCUT2D eigenvalue weighted by Crippen LogP contribution is 1.96. The van der Waals surface area contributed by atoms with Crippen LogP contribution in [-0.2, 0) is 0 Å². The van der Waals surface area contributed by atoms with Crippen LogP contribution in [-0.4, -0.2) is 4.98 Å². The van der Waals surface area contributed by atoms with E-state index in [-0.39, 0.29) is 0 Å². The van der Waals surface area contributed by atoms with Crippen LogP contribution in [0.2, 0.25) is 0 Å². The van der Waals surface area contributed by atoms with Gasteiger partial charge >= 0.3 is 0 Å². The molecule has 0 aliphatic carbocycles. The maximum Gasteiger partial charge on any atom is 0.191 e. The van der Waals surface area contributed by atoms with E-state index in [0.717, 1.165) is 11.7 Å². The summed E-state index contributed by atoms with van der Waals surface area (Å²) < 4.78 is 4.97. The number of aryl methyl sites for hydroxylation is 2. The third kappa shape index (κ3) is 8.95. The van der Waals surface area contributed by atoms with E-state index in [4.69, 9.17) is 4.42 Å². The van der Waals surface area contributed by atoms with Crippen molar-refractivity contribution >= 4 is 0 Å². The van der Waals surface area contributed by atoms with Crippen LogP contribution in [0.5, 0.6) is 0 Å². The van der Waals surface area contributed by atoms with Gasteiger partial charge in [0, 0.05) is 6.92 Å². The molecule has 12 heavy (non-hydrogen) atoms. The second-order valence-corrected chi connectivity index (χ2v) is 1.90. The summed E-state index contributed by atoms with van der Waals surface area (Å²) in [5.74, 6) is 1.61. The third-order valence-electron chi connectivity index (χ3n) is 0.737. The van der Waals surface area contributed by atoms with Gasteiger partial charge in [-0.1, -0.05) is 19.9 Å². The molecule has 0 aromatic carbocycles. The first-order valence-electron chi connectivity index (χ1n) is 4.16. The minimum Gasteiger partial charge on any atom is -0.446 e. The van der Waals surface area contributed by atoms with Crippen LogP contribution < -0.4 is 0 Å². The number of allylic oxidation sites excluding steroid dienone is 1. The Kier molecular flexibility index (Phi) is 11.2. The van der Waals surface area contributed by atoms with Gasteiger partial charge in [0.15, 0.2) is 5.89 Å². The second-order valence-electron chi connectivity index (χ2n) is 1.90. The molecule has 0 bridgehead atoms. The molecule has 0 fully saturated rings. The molecular weight excluding hydrogens is 150 g/mol. The molecule has 2 nitrogen and oxygen atoms in total. The summed E-state index contributed by atoms with van der Waals surface area (Å²) in [5, 5.41) is 0. The van der Waals surface area contributed by atoms with Gasteiger partial charge < -0.3 is 4.42 Å². The molecule has 0 saturated heterocycles. The quantitative estimate of drug-likeness (QED) is 0.555. The second kappa shape index (κ2) is 9.95. The zero-order valence-corrected chi connectivity index (χ0v) is 8.72. The van der Waals surface area contributed by atoms with Gasteiger partial charge in [-0.25, -0.2) is 4.98 Å². The lowest BCUT2D eigenvalue weighted by Crippen LogP contribution is -1.59. The average Bonchev–Trinajstić information content (AvgIpc) is 2.40. The van der Waals surface area contributed by atoms with E-state index >= 15 is 0 Å². The monoisotopic (exact) mass is 169 g/mol. The molecule has 0 atom stereocenters. The van der Waals surface area contributed by atoms with Crippen molar-refractivity contribution in [3.05, 3.63) is 30.5 Å². The van der Waals surface area contributed by atoms with Gasteiger partial charge in [0.05, 0.1) is 6.20 Å². The van der Waals surface area contributed by atoms with Crippen molar-refractivity contribution in [2.75, 3.05) is 0 Å². The van der Waals surface area contributed by atoms with E-state index in [1.165, 1.54) is 0 Å². The Morgan fingerprint density at radius 1 is 1.42 bits per heavy atom. The fraction of sp³-hybridized carbons (Fsp3) is 0.500. The van der Waals surface area contributed by atoms with Crippen molar-refractivity contribution in [1.82, 2.24) is 4.98 Å². The number of oxazole rings is 1. The Morgan fingerprint density at radius 3 is 1.92 bits per heavy atom. The zero-order chi connectivity index (χ0) is 9.98. The maximum absolute atomic E-state index is 4.97. The smallest absolute Gasteiger partial charge is 0.191 e. The van der Waals surface area contributed by atoms with Crippen molar-refractivity contribution in [2.45, 2.75) is 34.6 Å². The summed E-state index contributed by atoms with van der Waals surface area (Å²) in [4.78, 5) is 3.85. The summed E-state index contributed by atoms with van der Waals surface area (Å²) >= 11 is 0. The Balaban J connectivity index is 0. The van der Waals surface area contributed by atoms with Crippen LogP contribution in [0.15, 0.2) is 23.3 Å². The molecule has 0 N–H and O–H groups in total. The Morgan fingerprint density at radius 2 is 1.83 bits per heavy atom. The molecule has 1 aromatic heterocycles. The fourth-order valence-corrected chi connectivity index (χ4v) is 0.467. The molecule has 2 heteroatoms. The number of rotatable bonds is 0. The van der Waals surface area contributed by atoms with E-state index in [1.807, 2.05) is 34.6 Å². The first-order chi connectivity index (χ1) is 5.70. The number of hydrogen-bond acceptors (Lipinski definition) is 2. The predicted molar refractivity (Wildman–Crippen MR) is 53.2 cm³/mol. The third-order valence-corrected chi connectivity index (χ3v) is 0.737. The molecule has 70 valence electrons. The van der Waals surface area contributed by atoms with Crippen molar-refractivity contribution < 1.29 is 4.42 Å². The molecular formula is C10H19NO. The molecule has 0 radical (unpaired) electrons. The summed E-state index contributed by atoms with van der Waals surface area (Å²) in [6.45, 7) is 13.0. The van der Waals surface area contributed by atoms with Crippen LogP contribution in [0.4, 0.5) is 0 Å². The Bertz CT molecular complexity index is 175. The van der Waals surface area contributed by atoms with Crippen molar-refractivity contribution in [1.29, 1.82) is 0 Å². The average molecular weight is 169 g/mol. The zero-order valence-electron chi connectivity index (χ0n) is 8.72. The highest BCUT2D eigenvalue weighted by molar-refractivity contribution is 4.87. The van der Waals surface area contributed by atoms with Gasteiger partial charge in [0.25, 0.3) is 0 Å². The predicted octanol–water partition coefficient (Wildman–Crippen LogP) is 3.51. The fourth-order valence-electron chi connectivity index (χ4n) is 0.467. The minimum absolute atomic E-state index is 0.734. The molecule has 0 amide bonds. The Labute approximate surface area is 75.3 Å². The van der Waals surface area contributed by atoms with Gasteiger partial charge in [-0.2, -0.15) is 0 Å². The van der Waals surface area contributed by atoms with Gasteiger partial charge in [-0.3, -0.25) is 0 Å². The number of aromatic nitrogens is 1. The normalized spacial score (nSPS) is 7.08. The molecule has 1 heterocycles. The topological polar surface area (TPSA) is 26.0 Å². The molecule has 0 aliphatic heterocycles. The lowest BCUT2D eigenvalue weighted by Gasteiger charge is -1.73. The molecule has 0 spiro atoms. The van der Waals surface area contributed by atoms with Crippen molar-refractivity contribution in [3.8, 4) is 0 Å². The SMILES string of the molecule is C=CC.CC.Cc1cnc(C)o1. The first-order valence-corrected chi connectivity index (χ1v) is 4.16. The van der Waals surface area contributed by atoms with E-state index in [0.29, 0.717) is 0 Å². The number of nitrogens with zero attached hydrogens (tertiary/aromatic N) is 1. The standard InChI is InChI=1S/C5H7NO.C3H6.C2H6/c1-4-3-6-5(2)7-4;1-3-2;1-2/h3H,1-2H3;3H,1H2,2H3;1-2H3. The summed E-state index contributed by atoms with van der Waals surface area (Å²) in [6, 6.07) is 0. The Hall–Kier alpha value is -1.05. The first kappa shape index (κ1) is 13.5. The molecule has 1 rings (SSSR count). The van der Waals surface area contributed by atoms with E-state index in [2.05, 4.69) is 11.6 Å². The number of hydrogen-bond donors (Lipinski definition) is 0. The van der Waals surface area contributed by atoms with Gasteiger partial charge in [-0.05, 0) is 13.8 Å². The van der Waals surface area contributed by atoms with Gasteiger partial charge in [0.2, 0.25) is 0 Å². The maximum atomic E-state index is 4.97. The minimum atomic E-state index is 0.734. The summed E-state index contributed by atoms with van der Waals surface area (Å²) in [6.07, 6.45) is 3.45. The molecule has 0 saturated carbocycles. The van der Waals surface area contributed by atoms with E-state index in [1.54, 1.807) is 12.3 Å². The van der Waals surface area contributed by atoms with E-state index in [9.17, 15) is 0 Å². The van der Waals surface area contributed by atoms with Gasteiger partial charge in [0.1, 0.15) is 5.76 Å². The van der Waals surface area contributed by atoms with Crippen molar-refractivity contribution in [2.24, 2.45) is 0 Å². The van der Waals surface area contributed by atoms with Crippen LogP contribution in [0.25, 0.3) is 0 Å². The summed E-state index contributed by atoms with van der Waals surface area (Å²) in [5.41, 5.74) is 0. The molecule has 1 aromatic rings. The van der Waals surface area contributed by atoms with E-state index < -0.39 is 0 Å². The highest BCUT2D eigenvalue weighted by atomic mass is 16.3. The molecule has 0 unspecified atom stereocenters. The van der Waals surface area contributed by atoms with Crippen LogP contribution in [0, 0.1) is 13.8 Å². The lowest BCUT2D eigenvalue weighted by molar-refractivity contribution is 0.494. The summed E-state index contributed by atoms with van der Waals surface area (Å²) in [7, 11) is 0. The van der Waals surface area contributed by atoms with Crippen LogP contribution in [0.3, 0.4) is 0 Å². The molecule has 0 aliphatic rings. The lowest BCUT2D eigenvalue weighted by atomic mass is 10.6.